The van der Waals surface area contributed by atoms with Crippen LogP contribution in [0.5, 0.6) is 0 Å². The monoisotopic (exact) mass is 446 g/mol. The molecule has 0 aliphatic heterocycles. The van der Waals surface area contributed by atoms with Crippen LogP contribution in [0.3, 0.4) is 0 Å². The normalized spacial score (nSPS) is 24.2. The first-order valence-electron chi connectivity index (χ1n) is 12.2. The van der Waals surface area contributed by atoms with Gasteiger partial charge in [-0.1, -0.05) is 56.9 Å². The van der Waals surface area contributed by atoms with Crippen molar-refractivity contribution in [2.24, 2.45) is 4.99 Å². The van der Waals surface area contributed by atoms with Crippen molar-refractivity contribution in [3.05, 3.63) is 35.4 Å². The fourth-order valence-corrected chi connectivity index (χ4v) is 6.47. The van der Waals surface area contributed by atoms with E-state index in [0.29, 0.717) is 11.3 Å². The highest BCUT2D eigenvalue weighted by Gasteiger charge is 2.26. The van der Waals surface area contributed by atoms with Crippen LogP contribution in [0.4, 0.5) is 0 Å². The smallest absolute Gasteiger partial charge is 0.191 e. The van der Waals surface area contributed by atoms with E-state index >= 15 is 0 Å². The molecule has 0 radical (unpaired) electrons. The van der Waals surface area contributed by atoms with Gasteiger partial charge in [0.2, 0.25) is 0 Å². The summed E-state index contributed by atoms with van der Waals surface area (Å²) in [5.41, 5.74) is 2.73. The van der Waals surface area contributed by atoms with E-state index in [1.807, 2.05) is 14.0 Å². The number of benzene rings is 1. The highest BCUT2D eigenvalue weighted by Crippen LogP contribution is 2.24. The van der Waals surface area contributed by atoms with Gasteiger partial charge in [-0.3, -0.25) is 14.1 Å². The summed E-state index contributed by atoms with van der Waals surface area (Å²) in [5.74, 6) is 1.61. The minimum atomic E-state index is -0.701. The predicted molar refractivity (Wildman–Crippen MR) is 133 cm³/mol. The molecular weight excluding hydrogens is 404 g/mol. The van der Waals surface area contributed by atoms with Gasteiger partial charge in [0.15, 0.2) is 5.96 Å². The van der Waals surface area contributed by atoms with Gasteiger partial charge in [-0.25, -0.2) is 0 Å². The van der Waals surface area contributed by atoms with Crippen molar-refractivity contribution in [3.8, 4) is 0 Å². The summed E-state index contributed by atoms with van der Waals surface area (Å²) in [6, 6.07) is 9.84. The van der Waals surface area contributed by atoms with Crippen LogP contribution >= 0.6 is 0 Å². The van der Waals surface area contributed by atoms with Gasteiger partial charge in [0.05, 0.1) is 0 Å². The maximum Gasteiger partial charge on any atom is 0.191 e. The molecule has 31 heavy (non-hydrogen) atoms. The molecule has 2 fully saturated rings. The van der Waals surface area contributed by atoms with Crippen LogP contribution in [0.25, 0.3) is 0 Å². The molecular formula is C25H42N4OS. The average molecular weight is 447 g/mol. The lowest BCUT2D eigenvalue weighted by atomic mass is 9.94. The molecule has 2 aliphatic rings. The zero-order valence-corrected chi connectivity index (χ0v) is 20.6. The lowest BCUT2D eigenvalue weighted by molar-refractivity contribution is 0.184. The maximum absolute atomic E-state index is 12.3. The summed E-state index contributed by atoms with van der Waals surface area (Å²) >= 11 is 0. The number of guanidine groups is 1. The van der Waals surface area contributed by atoms with Crippen molar-refractivity contribution in [2.45, 2.75) is 95.1 Å². The van der Waals surface area contributed by atoms with Gasteiger partial charge in [0.1, 0.15) is 0 Å². The number of nitrogens with one attached hydrogen (secondary N) is 2. The Labute approximate surface area is 191 Å². The summed E-state index contributed by atoms with van der Waals surface area (Å²) in [7, 11) is 3.41. The number of hydrogen-bond donors (Lipinski definition) is 2. The molecule has 0 amide bonds. The lowest BCUT2D eigenvalue weighted by Crippen LogP contribution is -2.46. The van der Waals surface area contributed by atoms with Crippen LogP contribution in [0.2, 0.25) is 0 Å². The summed E-state index contributed by atoms with van der Waals surface area (Å²) in [4.78, 5) is 7.00. The Bertz CT molecular complexity index is 732. The fraction of sp³-hybridized carbons (Fsp3) is 0.720. The molecule has 6 heteroatoms. The van der Waals surface area contributed by atoms with E-state index in [-0.39, 0.29) is 0 Å². The van der Waals surface area contributed by atoms with Gasteiger partial charge in [-0.05, 0) is 50.3 Å². The topological polar surface area (TPSA) is 56.7 Å². The van der Waals surface area contributed by atoms with Crippen LogP contribution < -0.4 is 10.6 Å². The highest BCUT2D eigenvalue weighted by atomic mass is 32.2. The minimum Gasteiger partial charge on any atom is -0.354 e. The number of rotatable bonds is 8. The molecule has 5 nitrogen and oxygen atoms in total. The quantitative estimate of drug-likeness (QED) is 0.464. The predicted octanol–water partition coefficient (Wildman–Crippen LogP) is 4.20. The molecule has 2 aliphatic carbocycles. The second-order valence-electron chi connectivity index (χ2n) is 9.20. The molecule has 0 aromatic heterocycles. The number of nitrogens with zero attached hydrogens (tertiary/aromatic N) is 2. The van der Waals surface area contributed by atoms with Crippen molar-refractivity contribution < 1.29 is 4.21 Å². The molecule has 3 unspecified atom stereocenters. The van der Waals surface area contributed by atoms with Gasteiger partial charge in [0, 0.05) is 54.0 Å². The van der Waals surface area contributed by atoms with Gasteiger partial charge >= 0.3 is 0 Å². The molecule has 174 valence electrons. The first-order chi connectivity index (χ1) is 15.1. The lowest BCUT2D eigenvalue weighted by Gasteiger charge is -2.32. The maximum atomic E-state index is 12.3. The third-order valence-electron chi connectivity index (χ3n) is 7.03. The second kappa shape index (κ2) is 12.6. The Morgan fingerprint density at radius 2 is 1.84 bits per heavy atom. The third-order valence-corrected chi connectivity index (χ3v) is 8.77. The fourth-order valence-electron chi connectivity index (χ4n) is 5.12. The molecule has 0 bridgehead atoms. The van der Waals surface area contributed by atoms with Crippen molar-refractivity contribution in [1.29, 1.82) is 0 Å². The summed E-state index contributed by atoms with van der Waals surface area (Å²) < 4.78 is 12.3. The molecule has 2 N–H and O–H groups in total. The largest absolute Gasteiger partial charge is 0.354 e. The van der Waals surface area contributed by atoms with Gasteiger partial charge in [0.25, 0.3) is 0 Å². The first kappa shape index (κ1) is 24.2. The van der Waals surface area contributed by atoms with E-state index in [0.717, 1.165) is 56.5 Å². The molecule has 3 rings (SSSR count). The number of hydrogen-bond acceptors (Lipinski definition) is 3. The highest BCUT2D eigenvalue weighted by molar-refractivity contribution is 7.85. The Morgan fingerprint density at radius 1 is 1.10 bits per heavy atom. The first-order valence-corrected chi connectivity index (χ1v) is 13.6. The molecule has 0 heterocycles. The van der Waals surface area contributed by atoms with Gasteiger partial charge in [-0.15, -0.1) is 0 Å². The summed E-state index contributed by atoms with van der Waals surface area (Å²) in [6.45, 7) is 3.80. The Hall–Kier alpha value is -1.40. The zero-order valence-electron chi connectivity index (χ0n) is 19.7. The van der Waals surface area contributed by atoms with Crippen molar-refractivity contribution in [2.75, 3.05) is 19.8 Å². The van der Waals surface area contributed by atoms with E-state index in [1.54, 1.807) is 0 Å². The van der Waals surface area contributed by atoms with Crippen molar-refractivity contribution in [1.82, 2.24) is 15.5 Å². The number of aliphatic imine (C=N–C) groups is 1. The van der Waals surface area contributed by atoms with Crippen LogP contribution in [-0.4, -0.2) is 52.3 Å². The molecule has 0 spiro atoms. The van der Waals surface area contributed by atoms with E-state index in [9.17, 15) is 4.21 Å². The Morgan fingerprint density at radius 3 is 2.55 bits per heavy atom. The van der Waals surface area contributed by atoms with Crippen molar-refractivity contribution >= 4 is 16.8 Å². The minimum absolute atomic E-state index is 0.324. The second-order valence-corrected chi connectivity index (χ2v) is 11.2. The Balaban J connectivity index is 1.54. The SMILES string of the molecule is CCS(=O)C1CCCC(NC(=NC)NCc2ccccc2CN(C)C2CCCCC2)C1. The Kier molecular flexibility index (Phi) is 9.85. The van der Waals surface area contributed by atoms with E-state index in [1.165, 1.54) is 43.2 Å². The van der Waals surface area contributed by atoms with Crippen LogP contribution in [-0.2, 0) is 23.9 Å². The van der Waals surface area contributed by atoms with Gasteiger partial charge < -0.3 is 10.6 Å². The average Bonchev–Trinajstić information content (AvgIpc) is 2.82. The van der Waals surface area contributed by atoms with Gasteiger partial charge in [-0.2, -0.15) is 0 Å². The van der Waals surface area contributed by atoms with Crippen LogP contribution in [0.1, 0.15) is 75.8 Å². The summed E-state index contributed by atoms with van der Waals surface area (Å²) in [5, 5.41) is 7.44. The van der Waals surface area contributed by atoms with Crippen LogP contribution in [0.15, 0.2) is 29.3 Å². The van der Waals surface area contributed by atoms with Crippen LogP contribution in [0, 0.1) is 0 Å². The standard InChI is InChI=1S/C25H42N4OS/c1-4-31(30)24-16-10-13-22(17-24)28-25(26-2)27-18-20-11-8-9-12-21(20)19-29(3)23-14-6-5-7-15-23/h8-9,11-12,22-24H,4-7,10,13-19H2,1-3H3,(H2,26,27,28). The van der Waals surface area contributed by atoms with E-state index in [2.05, 4.69) is 51.8 Å². The third kappa shape index (κ3) is 7.31. The van der Waals surface area contributed by atoms with Crippen molar-refractivity contribution in [3.63, 3.8) is 0 Å². The molecule has 1 aromatic rings. The molecule has 1 aromatic carbocycles. The summed E-state index contributed by atoms with van der Waals surface area (Å²) in [6.07, 6.45) is 11.1. The molecule has 3 atom stereocenters. The van der Waals surface area contributed by atoms with E-state index in [4.69, 9.17) is 0 Å². The zero-order chi connectivity index (χ0) is 22.1. The molecule has 0 saturated heterocycles. The molecule has 2 saturated carbocycles. The van der Waals surface area contributed by atoms with E-state index < -0.39 is 10.8 Å².